The molecule has 39 heavy (non-hydrogen) atoms. The topological polar surface area (TPSA) is 126 Å². The van der Waals surface area contributed by atoms with Gasteiger partial charge in [0.1, 0.15) is 0 Å². The van der Waals surface area contributed by atoms with Gasteiger partial charge in [-0.3, -0.25) is 4.79 Å². The molecule has 2 amide bonds. The van der Waals surface area contributed by atoms with E-state index in [0.29, 0.717) is 35.9 Å². The molecule has 6 rings (SSSR count). The number of anilines is 2. The van der Waals surface area contributed by atoms with Gasteiger partial charge in [0.15, 0.2) is 5.82 Å². The van der Waals surface area contributed by atoms with Gasteiger partial charge in [-0.2, -0.15) is 5.10 Å². The number of fused-ring (bicyclic) bond motifs is 1. The van der Waals surface area contributed by atoms with Crippen molar-refractivity contribution in [2.24, 2.45) is 0 Å². The number of carbonyl (C=O) groups excluding carboxylic acids is 2. The van der Waals surface area contributed by atoms with Crippen LogP contribution in [0.3, 0.4) is 0 Å². The van der Waals surface area contributed by atoms with E-state index in [9.17, 15) is 9.59 Å². The maximum Gasteiger partial charge on any atom is 0.409 e. The Balaban J connectivity index is 1.19. The maximum absolute atomic E-state index is 13.4. The van der Waals surface area contributed by atoms with Crippen LogP contribution in [-0.2, 0) is 4.74 Å². The molecule has 1 aromatic carbocycles. The summed E-state index contributed by atoms with van der Waals surface area (Å²) < 4.78 is 6.46. The molecule has 3 aromatic heterocycles. The number of benzene rings is 1. The van der Waals surface area contributed by atoms with Crippen LogP contribution in [0.15, 0.2) is 42.7 Å². The minimum atomic E-state index is -0.362. The SMILES string of the molecule is COC(=O)N1CC(c2nnn(-c3ccc(C)c(NC(=O)c4cnn5ccc(N6CCN(C)CC6)cc45)c3)n2)C1. The molecule has 0 atom stereocenters. The third-order valence-electron chi connectivity index (χ3n) is 7.43. The average molecular weight is 531 g/mol. The van der Waals surface area contributed by atoms with Gasteiger partial charge in [-0.05, 0) is 49.0 Å². The summed E-state index contributed by atoms with van der Waals surface area (Å²) in [6.45, 7) is 6.79. The molecular formula is C26H30N10O3. The van der Waals surface area contributed by atoms with Crippen LogP contribution in [0.25, 0.3) is 11.2 Å². The smallest absolute Gasteiger partial charge is 0.409 e. The molecule has 13 nitrogen and oxygen atoms in total. The summed E-state index contributed by atoms with van der Waals surface area (Å²) in [6.07, 6.45) is 3.13. The number of rotatable bonds is 5. The highest BCUT2D eigenvalue weighted by molar-refractivity contribution is 6.09. The molecule has 0 radical (unpaired) electrons. The number of amides is 2. The molecule has 13 heteroatoms. The largest absolute Gasteiger partial charge is 0.453 e. The lowest BCUT2D eigenvalue weighted by molar-refractivity contribution is 0.0863. The quantitative estimate of drug-likeness (QED) is 0.411. The van der Waals surface area contributed by atoms with Gasteiger partial charge >= 0.3 is 6.09 Å². The zero-order valence-corrected chi connectivity index (χ0v) is 22.1. The minimum Gasteiger partial charge on any atom is -0.453 e. The summed E-state index contributed by atoms with van der Waals surface area (Å²) in [4.78, 5) is 32.7. The lowest BCUT2D eigenvalue weighted by Crippen LogP contribution is -2.48. The van der Waals surface area contributed by atoms with Crippen LogP contribution >= 0.6 is 0 Å². The van der Waals surface area contributed by atoms with Gasteiger partial charge in [-0.1, -0.05) is 6.07 Å². The Morgan fingerprint density at radius 2 is 1.85 bits per heavy atom. The number of tetrazole rings is 1. The number of aromatic nitrogens is 6. The van der Waals surface area contributed by atoms with Crippen LogP contribution in [0.1, 0.15) is 27.7 Å². The van der Waals surface area contributed by atoms with E-state index in [2.05, 4.69) is 42.7 Å². The number of nitrogens with zero attached hydrogens (tertiary/aromatic N) is 9. The molecule has 2 aliphatic rings. The summed E-state index contributed by atoms with van der Waals surface area (Å²) in [5, 5.41) is 20.3. The van der Waals surface area contributed by atoms with Crippen molar-refractivity contribution in [3.8, 4) is 5.69 Å². The highest BCUT2D eigenvalue weighted by atomic mass is 16.5. The van der Waals surface area contributed by atoms with Crippen LogP contribution in [-0.4, -0.2) is 105 Å². The number of aryl methyl sites for hydroxylation is 1. The first-order valence-electron chi connectivity index (χ1n) is 12.9. The van der Waals surface area contributed by atoms with Crippen molar-refractivity contribution in [3.63, 3.8) is 0 Å². The Hall–Kier alpha value is -4.52. The fraction of sp³-hybridized carbons (Fsp3) is 0.385. The minimum absolute atomic E-state index is 0.00818. The second-order valence-electron chi connectivity index (χ2n) is 10.0. The zero-order valence-electron chi connectivity index (χ0n) is 22.1. The van der Waals surface area contributed by atoms with Gasteiger partial charge in [0, 0.05) is 56.8 Å². The normalized spacial score (nSPS) is 16.4. The molecule has 5 heterocycles. The molecule has 4 aromatic rings. The highest BCUT2D eigenvalue weighted by Crippen LogP contribution is 2.26. The predicted molar refractivity (Wildman–Crippen MR) is 143 cm³/mol. The highest BCUT2D eigenvalue weighted by Gasteiger charge is 2.35. The lowest BCUT2D eigenvalue weighted by atomic mass is 10.0. The van der Waals surface area contributed by atoms with Gasteiger partial charge in [0.25, 0.3) is 5.91 Å². The molecule has 0 aliphatic carbocycles. The second kappa shape index (κ2) is 9.98. The molecule has 0 unspecified atom stereocenters. The van der Waals surface area contributed by atoms with Crippen LogP contribution < -0.4 is 10.2 Å². The van der Waals surface area contributed by atoms with E-state index in [1.165, 1.54) is 11.9 Å². The molecule has 0 bridgehead atoms. The molecule has 2 aliphatic heterocycles. The first-order valence-corrected chi connectivity index (χ1v) is 12.9. The number of methoxy groups -OCH3 is 1. The summed E-state index contributed by atoms with van der Waals surface area (Å²) in [5.41, 5.74) is 4.54. The Kier molecular flexibility index (Phi) is 6.35. The van der Waals surface area contributed by atoms with E-state index in [-0.39, 0.29) is 17.9 Å². The first-order chi connectivity index (χ1) is 18.9. The molecule has 202 valence electrons. The fourth-order valence-corrected chi connectivity index (χ4v) is 4.88. The molecule has 1 N–H and O–H groups in total. The van der Waals surface area contributed by atoms with Crippen molar-refractivity contribution in [1.82, 2.24) is 39.6 Å². The first kappa shape index (κ1) is 24.8. The van der Waals surface area contributed by atoms with Gasteiger partial charge in [0.05, 0.1) is 36.0 Å². The van der Waals surface area contributed by atoms with E-state index < -0.39 is 0 Å². The Morgan fingerprint density at radius 1 is 1.05 bits per heavy atom. The van der Waals surface area contributed by atoms with Crippen LogP contribution in [0.2, 0.25) is 0 Å². The number of carbonyl (C=O) groups is 2. The van der Waals surface area contributed by atoms with E-state index in [1.807, 2.05) is 43.5 Å². The number of ether oxygens (including phenoxy) is 1. The van der Waals surface area contributed by atoms with Gasteiger partial charge in [-0.25, -0.2) is 9.31 Å². The molecule has 0 saturated carbocycles. The summed E-state index contributed by atoms with van der Waals surface area (Å²) in [7, 11) is 3.49. The monoisotopic (exact) mass is 530 g/mol. The fourth-order valence-electron chi connectivity index (χ4n) is 4.88. The van der Waals surface area contributed by atoms with Crippen LogP contribution in [0, 0.1) is 6.92 Å². The van der Waals surface area contributed by atoms with E-state index >= 15 is 0 Å². The number of likely N-dealkylation sites (N-methyl/N-ethyl adjacent to an activating group) is 1. The number of hydrogen-bond donors (Lipinski definition) is 1. The predicted octanol–water partition coefficient (Wildman–Crippen LogP) is 1.79. The standard InChI is InChI=1S/C26H30N10O3/c1-17-4-5-20(36-30-24(29-31-36)18-15-34(16-18)26(38)39-3)12-22(17)28-25(37)21-14-27-35-7-6-19(13-23(21)35)33-10-8-32(2)9-11-33/h4-7,12-14,18H,8-11,15-16H2,1-3H3,(H,28,37). The van der Waals surface area contributed by atoms with Crippen LogP contribution in [0.5, 0.6) is 0 Å². The van der Waals surface area contributed by atoms with Gasteiger partial charge < -0.3 is 24.8 Å². The lowest BCUT2D eigenvalue weighted by Gasteiger charge is -2.35. The van der Waals surface area contributed by atoms with Crippen molar-refractivity contribution in [1.29, 1.82) is 0 Å². The summed E-state index contributed by atoms with van der Waals surface area (Å²) in [5.74, 6) is 0.322. The number of pyridine rings is 1. The second-order valence-corrected chi connectivity index (χ2v) is 10.0. The maximum atomic E-state index is 13.4. The molecular weight excluding hydrogens is 500 g/mol. The van der Waals surface area contributed by atoms with E-state index in [1.54, 1.807) is 15.6 Å². The van der Waals surface area contributed by atoms with Crippen LogP contribution in [0.4, 0.5) is 16.2 Å². The molecule has 2 saturated heterocycles. The van der Waals surface area contributed by atoms with Gasteiger partial charge in [0.2, 0.25) is 0 Å². The Bertz CT molecular complexity index is 1530. The number of piperazine rings is 1. The Labute approximate surface area is 224 Å². The van der Waals surface area contributed by atoms with Crippen molar-refractivity contribution >= 4 is 28.9 Å². The molecule has 0 spiro atoms. The number of hydrogen-bond acceptors (Lipinski definition) is 9. The van der Waals surface area contributed by atoms with Crippen molar-refractivity contribution in [3.05, 3.63) is 59.7 Å². The summed E-state index contributed by atoms with van der Waals surface area (Å²) in [6, 6.07) is 9.66. The number of nitrogens with one attached hydrogen (secondary N) is 1. The summed E-state index contributed by atoms with van der Waals surface area (Å²) >= 11 is 0. The zero-order chi connectivity index (χ0) is 27.1. The third kappa shape index (κ3) is 4.76. The Morgan fingerprint density at radius 3 is 2.62 bits per heavy atom. The van der Waals surface area contributed by atoms with E-state index in [0.717, 1.165) is 42.9 Å². The average Bonchev–Trinajstić information content (AvgIpc) is 3.57. The number of likely N-dealkylation sites (tertiary alicyclic amines) is 1. The van der Waals surface area contributed by atoms with Gasteiger partial charge in [-0.15, -0.1) is 15.0 Å². The van der Waals surface area contributed by atoms with Crippen molar-refractivity contribution in [2.45, 2.75) is 12.8 Å². The van der Waals surface area contributed by atoms with E-state index in [4.69, 9.17) is 4.74 Å². The van der Waals surface area contributed by atoms with Crippen molar-refractivity contribution < 1.29 is 14.3 Å². The third-order valence-corrected chi connectivity index (χ3v) is 7.43. The van der Waals surface area contributed by atoms with Crippen molar-refractivity contribution in [2.75, 3.05) is 63.6 Å². The molecule has 2 fully saturated rings.